The van der Waals surface area contributed by atoms with Crippen molar-refractivity contribution in [2.75, 3.05) is 67.6 Å². The zero-order valence-corrected chi connectivity index (χ0v) is 14.7. The Morgan fingerprint density at radius 3 is 2.46 bits per heavy atom. The number of amidine groups is 1. The first-order chi connectivity index (χ1) is 11.5. The number of rotatable bonds is 3. The maximum Gasteiger partial charge on any atom is 0.392 e. The van der Waals surface area contributed by atoms with Crippen LogP contribution in [-0.4, -0.2) is 122 Å². The number of aliphatic imine (C=N–C) groups is 1. The molecule has 0 aromatic carbocycles. The van der Waals surface area contributed by atoms with E-state index in [-0.39, 0.29) is 11.9 Å². The second-order valence-corrected chi connectivity index (χ2v) is 6.39. The number of likely N-dealkylation sites (N-methyl/N-ethyl adjacent to an activating group) is 3. The number of carbonyl (C=O) groups excluding carboxylic acids is 2. The number of piperazine rings is 1. The normalized spacial score (nSPS) is 25.6. The van der Waals surface area contributed by atoms with Crippen LogP contribution in [0.3, 0.4) is 0 Å². The molecule has 0 spiro atoms. The van der Waals surface area contributed by atoms with Gasteiger partial charge in [-0.1, -0.05) is 4.99 Å². The summed E-state index contributed by atoms with van der Waals surface area (Å²) in [6.45, 7) is 4.63. The topological polar surface area (TPSA) is 71.7 Å². The maximum absolute atomic E-state index is 12.7. The third kappa shape index (κ3) is 2.67. The number of hydrogen-bond acceptors (Lipinski definition) is 4. The number of nitrogens with zero attached hydrogens (tertiary/aromatic N) is 6. The average molecular weight is 337 g/mol. The number of imide groups is 1. The van der Waals surface area contributed by atoms with Crippen LogP contribution in [0.1, 0.15) is 0 Å². The lowest BCUT2D eigenvalue weighted by Gasteiger charge is -2.33. The molecule has 3 aliphatic rings. The van der Waals surface area contributed by atoms with Crippen LogP contribution in [0.25, 0.3) is 0 Å². The Morgan fingerprint density at radius 2 is 1.83 bits per heavy atom. The van der Waals surface area contributed by atoms with Crippen molar-refractivity contribution in [3.05, 3.63) is 0 Å². The van der Waals surface area contributed by atoms with Crippen molar-refractivity contribution in [1.29, 1.82) is 0 Å². The van der Waals surface area contributed by atoms with Crippen molar-refractivity contribution in [3.8, 4) is 0 Å². The molecule has 3 aliphatic heterocycles. The van der Waals surface area contributed by atoms with E-state index in [9.17, 15) is 9.59 Å². The molecule has 3 amide bonds. The Kier molecular flexibility index (Phi) is 4.55. The van der Waals surface area contributed by atoms with Gasteiger partial charge in [-0.15, -0.1) is 0 Å². The van der Waals surface area contributed by atoms with E-state index in [1.807, 2.05) is 4.90 Å². The molecule has 0 aromatic heterocycles. The van der Waals surface area contributed by atoms with Crippen molar-refractivity contribution in [2.45, 2.75) is 6.04 Å². The molecular formula is C15H25N6O3+. The van der Waals surface area contributed by atoms with E-state index in [0.717, 1.165) is 37.0 Å². The van der Waals surface area contributed by atoms with Crippen LogP contribution in [0.5, 0.6) is 0 Å². The number of guanidine groups is 1. The largest absolute Gasteiger partial charge is 0.392 e. The Balaban J connectivity index is 1.99. The third-order valence-electron chi connectivity index (χ3n) is 4.83. The lowest BCUT2D eigenvalue weighted by atomic mass is 10.1. The third-order valence-corrected chi connectivity index (χ3v) is 4.83. The van der Waals surface area contributed by atoms with Gasteiger partial charge in [-0.3, -0.25) is 19.2 Å². The van der Waals surface area contributed by atoms with Crippen LogP contribution in [0.15, 0.2) is 4.99 Å². The van der Waals surface area contributed by atoms with Crippen molar-refractivity contribution >= 4 is 23.7 Å². The maximum atomic E-state index is 12.7. The van der Waals surface area contributed by atoms with Crippen molar-refractivity contribution in [2.24, 2.45) is 4.99 Å². The van der Waals surface area contributed by atoms with Crippen LogP contribution in [0.2, 0.25) is 0 Å². The molecule has 2 saturated heterocycles. The molecular weight excluding hydrogens is 312 g/mol. The number of carbonyl (C=O) groups is 2. The summed E-state index contributed by atoms with van der Waals surface area (Å²) in [5.41, 5.74) is 0. The minimum atomic E-state index is -0.553. The predicted octanol–water partition coefficient (Wildman–Crippen LogP) is -1.45. The summed E-state index contributed by atoms with van der Waals surface area (Å²) in [6, 6.07) is -0.899. The second-order valence-electron chi connectivity index (χ2n) is 6.39. The highest BCUT2D eigenvalue weighted by Crippen LogP contribution is 2.23. The number of fused-ring (bicyclic) bond motifs is 1. The molecule has 2 fully saturated rings. The van der Waals surface area contributed by atoms with E-state index in [0.29, 0.717) is 19.0 Å². The number of urea groups is 1. The molecule has 24 heavy (non-hydrogen) atoms. The highest BCUT2D eigenvalue weighted by molar-refractivity contribution is 6.25. The highest BCUT2D eigenvalue weighted by atomic mass is 16.5. The van der Waals surface area contributed by atoms with Gasteiger partial charge >= 0.3 is 12.0 Å². The quantitative estimate of drug-likeness (QED) is 0.590. The van der Waals surface area contributed by atoms with Crippen molar-refractivity contribution in [3.63, 3.8) is 0 Å². The first-order valence-corrected chi connectivity index (χ1v) is 8.15. The molecule has 9 nitrogen and oxygen atoms in total. The molecule has 132 valence electrons. The number of ether oxygens (including phenoxy) is 1. The summed E-state index contributed by atoms with van der Waals surface area (Å²) >= 11 is 0. The standard InChI is InChI=1S/C15H25N6O3/c1-17-5-7-20(8-6-17)14-16-12-11(21(14)9-10-24-4)13(22)19(3)15(23)18(12)2/h11H,5-10H2,1-4H3/q+1. The summed E-state index contributed by atoms with van der Waals surface area (Å²) < 4.78 is 7.40. The molecule has 0 aromatic rings. The van der Waals surface area contributed by atoms with Gasteiger partial charge in [0.2, 0.25) is 11.9 Å². The van der Waals surface area contributed by atoms with Gasteiger partial charge in [-0.25, -0.2) is 9.69 Å². The fraction of sp³-hybridized carbons (Fsp3) is 0.733. The average Bonchev–Trinajstić information content (AvgIpc) is 2.96. The first kappa shape index (κ1) is 16.8. The van der Waals surface area contributed by atoms with Crippen LogP contribution in [0.4, 0.5) is 4.79 Å². The SMILES string of the molecule is COCCN1C(=[N+]2CCN(C)CC2)N=C2C1C(=O)N(C)C(=O)N2C. The fourth-order valence-corrected chi connectivity index (χ4v) is 3.26. The summed E-state index contributed by atoms with van der Waals surface area (Å²) in [4.78, 5) is 36.4. The molecule has 0 aliphatic carbocycles. The van der Waals surface area contributed by atoms with Gasteiger partial charge in [-0.05, 0) is 7.05 Å². The van der Waals surface area contributed by atoms with E-state index in [2.05, 4.69) is 21.5 Å². The van der Waals surface area contributed by atoms with Gasteiger partial charge in [0.25, 0.3) is 5.91 Å². The molecule has 3 heterocycles. The lowest BCUT2D eigenvalue weighted by molar-refractivity contribution is -0.544. The second kappa shape index (κ2) is 6.48. The number of amides is 3. The Morgan fingerprint density at radius 1 is 1.17 bits per heavy atom. The molecule has 1 unspecified atom stereocenters. The minimum absolute atomic E-state index is 0.239. The van der Waals surface area contributed by atoms with E-state index in [1.165, 1.54) is 11.9 Å². The van der Waals surface area contributed by atoms with Gasteiger partial charge in [0.15, 0.2) is 0 Å². The molecule has 0 saturated carbocycles. The molecule has 0 radical (unpaired) electrons. The summed E-state index contributed by atoms with van der Waals surface area (Å²) in [5, 5.41) is 0. The minimum Gasteiger partial charge on any atom is -0.381 e. The van der Waals surface area contributed by atoms with Gasteiger partial charge in [0, 0.05) is 34.3 Å². The molecule has 0 bridgehead atoms. The first-order valence-electron chi connectivity index (χ1n) is 8.15. The Labute approximate surface area is 141 Å². The zero-order valence-electron chi connectivity index (χ0n) is 14.7. The zero-order chi connectivity index (χ0) is 17.4. The summed E-state index contributed by atoms with van der Waals surface area (Å²) in [7, 11) is 6.91. The Hall–Kier alpha value is -2.00. The van der Waals surface area contributed by atoms with Crippen LogP contribution < -0.4 is 0 Å². The van der Waals surface area contributed by atoms with Gasteiger partial charge < -0.3 is 9.64 Å². The molecule has 9 heteroatoms. The van der Waals surface area contributed by atoms with Crippen molar-refractivity contribution < 1.29 is 18.9 Å². The number of hydrogen-bond donors (Lipinski definition) is 0. The van der Waals surface area contributed by atoms with Gasteiger partial charge in [0.05, 0.1) is 26.2 Å². The van der Waals surface area contributed by atoms with E-state index >= 15 is 0 Å². The molecule has 3 rings (SSSR count). The molecule has 1 atom stereocenters. The lowest BCUT2D eigenvalue weighted by Crippen LogP contribution is -2.63. The summed E-state index contributed by atoms with van der Waals surface area (Å²) in [6.07, 6.45) is 0. The van der Waals surface area contributed by atoms with Crippen LogP contribution >= 0.6 is 0 Å². The van der Waals surface area contributed by atoms with E-state index in [4.69, 9.17) is 4.74 Å². The monoisotopic (exact) mass is 337 g/mol. The number of methoxy groups -OCH3 is 1. The highest BCUT2D eigenvalue weighted by Gasteiger charge is 2.55. The fourth-order valence-electron chi connectivity index (χ4n) is 3.26. The van der Waals surface area contributed by atoms with Gasteiger partial charge in [0.1, 0.15) is 0 Å². The predicted molar refractivity (Wildman–Crippen MR) is 88.2 cm³/mol. The molecule has 0 N–H and O–H groups in total. The van der Waals surface area contributed by atoms with Crippen LogP contribution in [0, 0.1) is 0 Å². The van der Waals surface area contributed by atoms with E-state index in [1.54, 1.807) is 14.2 Å². The van der Waals surface area contributed by atoms with E-state index < -0.39 is 6.04 Å². The Bertz CT molecular complexity index is 606. The summed E-state index contributed by atoms with van der Waals surface area (Å²) in [5.74, 6) is 1.04. The van der Waals surface area contributed by atoms with Crippen molar-refractivity contribution in [1.82, 2.24) is 19.6 Å². The smallest absolute Gasteiger partial charge is 0.381 e. The van der Waals surface area contributed by atoms with Crippen LogP contribution in [-0.2, 0) is 9.53 Å². The van der Waals surface area contributed by atoms with Gasteiger partial charge in [-0.2, -0.15) is 0 Å².